The van der Waals surface area contributed by atoms with E-state index in [2.05, 4.69) is 9.97 Å². The van der Waals surface area contributed by atoms with E-state index in [1.807, 2.05) is 0 Å². The van der Waals surface area contributed by atoms with Gasteiger partial charge in [-0.3, -0.25) is 4.79 Å². The summed E-state index contributed by atoms with van der Waals surface area (Å²) in [7, 11) is 0. The maximum atomic E-state index is 11.2. The van der Waals surface area contributed by atoms with Gasteiger partial charge in [0.05, 0.1) is 5.52 Å². The van der Waals surface area contributed by atoms with Gasteiger partial charge in [-0.25, -0.2) is 4.98 Å². The van der Waals surface area contributed by atoms with Gasteiger partial charge in [-0.15, -0.1) is 0 Å². The summed E-state index contributed by atoms with van der Waals surface area (Å²) in [6.45, 7) is 1.51. The normalized spacial score (nSPS) is 10.6. The lowest BCUT2D eigenvalue weighted by Gasteiger charge is -1.94. The zero-order valence-corrected chi connectivity index (χ0v) is 7.72. The number of aromatic nitrogens is 2. The number of nitrogens with one attached hydrogen (secondary N) is 1. The highest BCUT2D eigenvalue weighted by atomic mass is 35.5. The fourth-order valence-electron chi connectivity index (χ4n) is 1.31. The second kappa shape index (κ2) is 2.85. The van der Waals surface area contributed by atoms with Crippen LogP contribution in [0.25, 0.3) is 10.9 Å². The maximum absolute atomic E-state index is 11.2. The Balaban J connectivity index is 2.86. The standard InChI is InChI=1S/C9H7ClN2O/c1-5(13)6-4-12-7-2-3-11-9(10)8(6)7/h2-4,12H,1H3. The van der Waals surface area contributed by atoms with Crippen LogP contribution in [0, 0.1) is 0 Å². The van der Waals surface area contributed by atoms with Crippen molar-refractivity contribution in [2.75, 3.05) is 0 Å². The molecule has 0 aliphatic heterocycles. The molecule has 0 aliphatic carbocycles. The molecular weight excluding hydrogens is 188 g/mol. The zero-order chi connectivity index (χ0) is 9.42. The second-order valence-corrected chi connectivity index (χ2v) is 3.14. The summed E-state index contributed by atoms with van der Waals surface area (Å²) in [5.41, 5.74) is 1.43. The summed E-state index contributed by atoms with van der Waals surface area (Å²) in [5.74, 6) is -0.0128. The first-order valence-corrected chi connectivity index (χ1v) is 4.20. The fourth-order valence-corrected chi connectivity index (χ4v) is 1.57. The lowest BCUT2D eigenvalue weighted by atomic mass is 10.1. The first-order valence-electron chi connectivity index (χ1n) is 3.82. The lowest BCUT2D eigenvalue weighted by molar-refractivity contribution is 0.101. The number of Topliss-reactive ketones (excluding diaryl/α,β-unsaturated/α-hetero) is 1. The topological polar surface area (TPSA) is 45.8 Å². The van der Waals surface area contributed by atoms with Crippen molar-refractivity contribution < 1.29 is 4.79 Å². The van der Waals surface area contributed by atoms with Crippen LogP contribution in [0.3, 0.4) is 0 Å². The van der Waals surface area contributed by atoms with E-state index in [1.54, 1.807) is 18.5 Å². The molecule has 2 rings (SSSR count). The molecule has 2 heterocycles. The van der Waals surface area contributed by atoms with E-state index >= 15 is 0 Å². The molecule has 4 heteroatoms. The number of carbonyl (C=O) groups excluding carboxylic acids is 1. The first kappa shape index (κ1) is 8.26. The summed E-state index contributed by atoms with van der Waals surface area (Å²) in [6.07, 6.45) is 3.26. The number of ketones is 1. The predicted molar refractivity (Wildman–Crippen MR) is 51.1 cm³/mol. The monoisotopic (exact) mass is 194 g/mol. The minimum absolute atomic E-state index is 0.0128. The predicted octanol–water partition coefficient (Wildman–Crippen LogP) is 2.42. The Morgan fingerprint density at radius 2 is 2.38 bits per heavy atom. The van der Waals surface area contributed by atoms with Crippen LogP contribution in [0.5, 0.6) is 0 Å². The van der Waals surface area contributed by atoms with Crippen LogP contribution < -0.4 is 0 Å². The Hall–Kier alpha value is -1.35. The number of fused-ring (bicyclic) bond motifs is 1. The van der Waals surface area contributed by atoms with Crippen molar-refractivity contribution in [2.24, 2.45) is 0 Å². The van der Waals surface area contributed by atoms with Crippen molar-refractivity contribution in [3.8, 4) is 0 Å². The Labute approximate surface area is 79.7 Å². The quantitative estimate of drug-likeness (QED) is 0.560. The number of carbonyl (C=O) groups is 1. The van der Waals surface area contributed by atoms with Crippen LogP contribution in [0.4, 0.5) is 0 Å². The molecule has 0 unspecified atom stereocenters. The Bertz CT molecular complexity index is 475. The molecule has 3 nitrogen and oxygen atoms in total. The Kier molecular flexibility index (Phi) is 1.81. The SMILES string of the molecule is CC(=O)c1c[nH]c2ccnc(Cl)c12. The highest BCUT2D eigenvalue weighted by Gasteiger charge is 2.10. The van der Waals surface area contributed by atoms with Crippen LogP contribution in [0.1, 0.15) is 17.3 Å². The number of H-pyrrole nitrogens is 1. The van der Waals surface area contributed by atoms with E-state index in [4.69, 9.17) is 11.6 Å². The van der Waals surface area contributed by atoms with E-state index in [-0.39, 0.29) is 5.78 Å². The molecule has 0 atom stereocenters. The zero-order valence-electron chi connectivity index (χ0n) is 6.97. The molecule has 2 aromatic heterocycles. The molecule has 0 aliphatic rings. The molecule has 66 valence electrons. The highest BCUT2D eigenvalue weighted by Crippen LogP contribution is 2.24. The number of pyridine rings is 1. The average Bonchev–Trinajstić information content (AvgIpc) is 2.49. The van der Waals surface area contributed by atoms with Gasteiger partial charge in [-0.2, -0.15) is 0 Å². The number of aromatic amines is 1. The molecule has 0 amide bonds. The van der Waals surface area contributed by atoms with E-state index < -0.39 is 0 Å². The van der Waals surface area contributed by atoms with Crippen molar-refractivity contribution in [3.05, 3.63) is 29.2 Å². The van der Waals surface area contributed by atoms with Crippen LogP contribution >= 0.6 is 11.6 Å². The summed E-state index contributed by atoms with van der Waals surface area (Å²) >= 11 is 5.86. The third-order valence-corrected chi connectivity index (χ3v) is 2.21. The summed E-state index contributed by atoms with van der Waals surface area (Å²) < 4.78 is 0. The van der Waals surface area contributed by atoms with Crippen LogP contribution in [-0.4, -0.2) is 15.8 Å². The largest absolute Gasteiger partial charge is 0.360 e. The highest BCUT2D eigenvalue weighted by molar-refractivity contribution is 6.35. The molecule has 0 bridgehead atoms. The van der Waals surface area contributed by atoms with Gasteiger partial charge in [0.1, 0.15) is 5.15 Å². The molecule has 0 fully saturated rings. The molecule has 0 saturated heterocycles. The summed E-state index contributed by atoms with van der Waals surface area (Å²) in [5, 5.41) is 1.07. The Morgan fingerprint density at radius 1 is 1.62 bits per heavy atom. The first-order chi connectivity index (χ1) is 6.20. The van der Waals surface area contributed by atoms with Crippen LogP contribution in [0.2, 0.25) is 5.15 Å². The molecule has 13 heavy (non-hydrogen) atoms. The number of hydrogen-bond donors (Lipinski definition) is 1. The van der Waals surface area contributed by atoms with E-state index in [0.29, 0.717) is 16.1 Å². The average molecular weight is 195 g/mol. The van der Waals surface area contributed by atoms with Gasteiger partial charge in [0.2, 0.25) is 0 Å². The molecule has 0 radical (unpaired) electrons. The van der Waals surface area contributed by atoms with E-state index in [9.17, 15) is 4.79 Å². The van der Waals surface area contributed by atoms with E-state index in [0.717, 1.165) is 5.52 Å². The molecule has 0 spiro atoms. The molecule has 0 saturated carbocycles. The third kappa shape index (κ3) is 1.21. The van der Waals surface area contributed by atoms with Gasteiger partial charge in [0.25, 0.3) is 0 Å². The van der Waals surface area contributed by atoms with Crippen molar-refractivity contribution in [2.45, 2.75) is 6.92 Å². The molecular formula is C9H7ClN2O. The fraction of sp³-hybridized carbons (Fsp3) is 0.111. The second-order valence-electron chi connectivity index (χ2n) is 2.78. The van der Waals surface area contributed by atoms with Crippen LogP contribution in [0.15, 0.2) is 18.5 Å². The molecule has 2 aromatic rings. The summed E-state index contributed by atoms with van der Waals surface area (Å²) in [6, 6.07) is 1.79. The number of hydrogen-bond acceptors (Lipinski definition) is 2. The van der Waals surface area contributed by atoms with Gasteiger partial charge in [0, 0.05) is 23.3 Å². The molecule has 0 aromatic carbocycles. The minimum atomic E-state index is -0.0128. The molecule has 1 N–H and O–H groups in total. The minimum Gasteiger partial charge on any atom is -0.360 e. The summed E-state index contributed by atoms with van der Waals surface area (Å²) in [4.78, 5) is 18.0. The van der Waals surface area contributed by atoms with Crippen molar-refractivity contribution in [3.63, 3.8) is 0 Å². The Morgan fingerprint density at radius 3 is 3.08 bits per heavy atom. The number of halogens is 1. The van der Waals surface area contributed by atoms with Crippen molar-refractivity contribution in [1.29, 1.82) is 0 Å². The van der Waals surface area contributed by atoms with Gasteiger partial charge in [-0.1, -0.05) is 11.6 Å². The number of rotatable bonds is 1. The third-order valence-electron chi connectivity index (χ3n) is 1.93. The number of nitrogens with zero attached hydrogens (tertiary/aromatic N) is 1. The smallest absolute Gasteiger partial charge is 0.162 e. The van der Waals surface area contributed by atoms with Crippen molar-refractivity contribution in [1.82, 2.24) is 9.97 Å². The van der Waals surface area contributed by atoms with Crippen molar-refractivity contribution >= 4 is 28.3 Å². The van der Waals surface area contributed by atoms with Gasteiger partial charge in [0.15, 0.2) is 5.78 Å². The van der Waals surface area contributed by atoms with E-state index in [1.165, 1.54) is 6.92 Å². The lowest BCUT2D eigenvalue weighted by Crippen LogP contribution is -1.89. The van der Waals surface area contributed by atoms with Gasteiger partial charge in [-0.05, 0) is 13.0 Å². The van der Waals surface area contributed by atoms with Crippen LogP contribution in [-0.2, 0) is 0 Å². The van der Waals surface area contributed by atoms with Gasteiger partial charge < -0.3 is 4.98 Å². The maximum Gasteiger partial charge on any atom is 0.162 e. The van der Waals surface area contributed by atoms with Gasteiger partial charge >= 0.3 is 0 Å².